The monoisotopic (exact) mass is 262 g/mol. The molecule has 0 aliphatic rings. The molecule has 4 nitrogen and oxygen atoms in total. The molecule has 1 unspecified atom stereocenters. The highest BCUT2D eigenvalue weighted by Gasteiger charge is 2.19. The first-order chi connectivity index (χ1) is 8.72. The van der Waals surface area contributed by atoms with E-state index in [4.69, 9.17) is 0 Å². The highest BCUT2D eigenvalue weighted by Crippen LogP contribution is 2.29. The normalized spacial score (nSPS) is 12.6. The van der Waals surface area contributed by atoms with E-state index in [1.807, 2.05) is 19.3 Å². The van der Waals surface area contributed by atoms with Gasteiger partial charge in [0.05, 0.1) is 16.7 Å². The van der Waals surface area contributed by atoms with E-state index in [-0.39, 0.29) is 6.04 Å². The zero-order chi connectivity index (χ0) is 13.0. The molecule has 5 heteroatoms. The maximum absolute atomic E-state index is 4.50. The summed E-state index contributed by atoms with van der Waals surface area (Å²) in [6, 6.07) is 0.150. The second-order valence-electron chi connectivity index (χ2n) is 4.24. The third-order valence-electron chi connectivity index (χ3n) is 2.71. The highest BCUT2D eigenvalue weighted by atomic mass is 32.1. The van der Waals surface area contributed by atoms with Crippen LogP contribution in [-0.4, -0.2) is 21.5 Å². The van der Waals surface area contributed by atoms with Crippen molar-refractivity contribution in [1.82, 2.24) is 20.3 Å². The van der Waals surface area contributed by atoms with E-state index < -0.39 is 0 Å². The number of aromatic nitrogens is 3. The van der Waals surface area contributed by atoms with Crippen LogP contribution in [0.15, 0.2) is 18.7 Å². The van der Waals surface area contributed by atoms with Crippen LogP contribution >= 0.6 is 11.3 Å². The van der Waals surface area contributed by atoms with Gasteiger partial charge in [0, 0.05) is 22.8 Å². The minimum Gasteiger partial charge on any atom is -0.305 e. The van der Waals surface area contributed by atoms with Gasteiger partial charge in [0.1, 0.15) is 6.33 Å². The fourth-order valence-corrected chi connectivity index (χ4v) is 2.96. The van der Waals surface area contributed by atoms with Gasteiger partial charge in [-0.1, -0.05) is 6.92 Å². The summed E-state index contributed by atoms with van der Waals surface area (Å²) in [4.78, 5) is 14.0. The Labute approximate surface area is 112 Å². The average Bonchev–Trinajstić information content (AvgIpc) is 2.70. The fraction of sp³-hybridized carbons (Fsp3) is 0.462. The molecule has 1 atom stereocenters. The van der Waals surface area contributed by atoms with Crippen LogP contribution in [0, 0.1) is 13.8 Å². The number of rotatable bonds is 5. The number of thiazole rings is 1. The van der Waals surface area contributed by atoms with Gasteiger partial charge in [-0.05, 0) is 26.8 Å². The summed E-state index contributed by atoms with van der Waals surface area (Å²) in [6.07, 6.45) is 6.40. The van der Waals surface area contributed by atoms with E-state index >= 15 is 0 Å². The first-order valence-corrected chi connectivity index (χ1v) is 6.96. The first kappa shape index (κ1) is 13.1. The van der Waals surface area contributed by atoms with Crippen LogP contribution in [0.1, 0.15) is 40.5 Å². The summed E-state index contributed by atoms with van der Waals surface area (Å²) in [6.45, 7) is 7.23. The number of hydrogen-bond acceptors (Lipinski definition) is 5. The summed E-state index contributed by atoms with van der Waals surface area (Å²) in [5.74, 6) is 0. The molecule has 0 radical (unpaired) electrons. The number of nitrogens with zero attached hydrogens (tertiary/aromatic N) is 3. The Morgan fingerprint density at radius 2 is 2.00 bits per heavy atom. The molecule has 0 aromatic carbocycles. The molecule has 2 rings (SSSR count). The van der Waals surface area contributed by atoms with Crippen molar-refractivity contribution in [2.45, 2.75) is 33.2 Å². The topological polar surface area (TPSA) is 50.7 Å². The van der Waals surface area contributed by atoms with Crippen molar-refractivity contribution in [1.29, 1.82) is 0 Å². The highest BCUT2D eigenvalue weighted by molar-refractivity contribution is 7.11. The standard InChI is InChI=1S/C13H18N4S/c1-4-5-16-12(11-6-14-8-15-7-11)13-9(2)17-10(3)18-13/h6-8,12,16H,4-5H2,1-3H3. The lowest BCUT2D eigenvalue weighted by atomic mass is 10.1. The van der Waals surface area contributed by atoms with Gasteiger partial charge in [-0.3, -0.25) is 0 Å². The summed E-state index contributed by atoms with van der Waals surface area (Å²) < 4.78 is 0. The first-order valence-electron chi connectivity index (χ1n) is 6.14. The lowest BCUT2D eigenvalue weighted by Crippen LogP contribution is -2.23. The van der Waals surface area contributed by atoms with Crippen molar-refractivity contribution >= 4 is 11.3 Å². The minimum atomic E-state index is 0.150. The van der Waals surface area contributed by atoms with Gasteiger partial charge in [-0.25, -0.2) is 15.0 Å². The SMILES string of the molecule is CCCNC(c1cncnc1)c1sc(C)nc1C. The average molecular weight is 262 g/mol. The Balaban J connectivity index is 2.34. The molecule has 0 aliphatic heterocycles. The Bertz CT molecular complexity index is 495. The van der Waals surface area contributed by atoms with Gasteiger partial charge in [0.25, 0.3) is 0 Å². The predicted molar refractivity (Wildman–Crippen MR) is 73.8 cm³/mol. The van der Waals surface area contributed by atoms with E-state index in [1.54, 1.807) is 17.7 Å². The van der Waals surface area contributed by atoms with E-state index in [1.165, 1.54) is 4.88 Å². The van der Waals surface area contributed by atoms with Gasteiger partial charge in [0.2, 0.25) is 0 Å². The maximum Gasteiger partial charge on any atom is 0.115 e. The van der Waals surface area contributed by atoms with Gasteiger partial charge in [-0.15, -0.1) is 11.3 Å². The molecule has 96 valence electrons. The summed E-state index contributed by atoms with van der Waals surface area (Å²) in [7, 11) is 0. The molecular formula is C13H18N4S. The molecule has 0 spiro atoms. The zero-order valence-corrected chi connectivity index (χ0v) is 11.8. The lowest BCUT2D eigenvalue weighted by Gasteiger charge is -2.17. The molecule has 18 heavy (non-hydrogen) atoms. The molecule has 1 N–H and O–H groups in total. The Kier molecular flexibility index (Phi) is 4.38. The lowest BCUT2D eigenvalue weighted by molar-refractivity contribution is 0.599. The summed E-state index contributed by atoms with van der Waals surface area (Å²) >= 11 is 1.74. The quantitative estimate of drug-likeness (QED) is 0.900. The van der Waals surface area contributed by atoms with Gasteiger partial charge >= 0.3 is 0 Å². The van der Waals surface area contributed by atoms with Crippen LogP contribution in [0.5, 0.6) is 0 Å². The van der Waals surface area contributed by atoms with Crippen LogP contribution in [0.3, 0.4) is 0 Å². The summed E-state index contributed by atoms with van der Waals surface area (Å²) in [5, 5.41) is 4.65. The van der Waals surface area contributed by atoms with Crippen molar-refractivity contribution < 1.29 is 0 Å². The van der Waals surface area contributed by atoms with Crippen LogP contribution in [-0.2, 0) is 0 Å². The van der Waals surface area contributed by atoms with E-state index in [0.29, 0.717) is 0 Å². The second kappa shape index (κ2) is 6.02. The van der Waals surface area contributed by atoms with Crippen molar-refractivity contribution in [3.05, 3.63) is 39.9 Å². The Hall–Kier alpha value is -1.33. The van der Waals surface area contributed by atoms with Crippen LogP contribution in [0.25, 0.3) is 0 Å². The van der Waals surface area contributed by atoms with E-state index in [9.17, 15) is 0 Å². The van der Waals surface area contributed by atoms with Gasteiger partial charge in [-0.2, -0.15) is 0 Å². The smallest absolute Gasteiger partial charge is 0.115 e. The molecule has 2 aromatic rings. The number of nitrogens with one attached hydrogen (secondary N) is 1. The van der Waals surface area contributed by atoms with Crippen LogP contribution in [0.2, 0.25) is 0 Å². The second-order valence-corrected chi connectivity index (χ2v) is 5.48. The third-order valence-corrected chi connectivity index (χ3v) is 3.85. The molecule has 0 saturated heterocycles. The zero-order valence-electron chi connectivity index (χ0n) is 11.0. The minimum absolute atomic E-state index is 0.150. The molecule has 2 aromatic heterocycles. The van der Waals surface area contributed by atoms with E-state index in [2.05, 4.69) is 34.1 Å². The Morgan fingerprint density at radius 3 is 2.56 bits per heavy atom. The van der Waals surface area contributed by atoms with Crippen molar-refractivity contribution in [3.8, 4) is 0 Å². The predicted octanol–water partition coefficient (Wildman–Crippen LogP) is 2.64. The largest absolute Gasteiger partial charge is 0.305 e. The van der Waals surface area contributed by atoms with Gasteiger partial charge in [0.15, 0.2) is 0 Å². The number of hydrogen-bond donors (Lipinski definition) is 1. The molecule has 0 saturated carbocycles. The molecular weight excluding hydrogens is 244 g/mol. The van der Waals surface area contributed by atoms with E-state index in [0.717, 1.165) is 29.2 Å². The van der Waals surface area contributed by atoms with Crippen LogP contribution < -0.4 is 5.32 Å². The third kappa shape index (κ3) is 2.91. The maximum atomic E-state index is 4.50. The fourth-order valence-electron chi connectivity index (χ4n) is 1.93. The van der Waals surface area contributed by atoms with Crippen molar-refractivity contribution in [3.63, 3.8) is 0 Å². The molecule has 2 heterocycles. The summed E-state index contributed by atoms with van der Waals surface area (Å²) in [5.41, 5.74) is 2.19. The van der Waals surface area contributed by atoms with Gasteiger partial charge < -0.3 is 5.32 Å². The molecule has 0 fully saturated rings. The van der Waals surface area contributed by atoms with Crippen molar-refractivity contribution in [2.75, 3.05) is 6.54 Å². The molecule has 0 aliphatic carbocycles. The number of aryl methyl sites for hydroxylation is 2. The van der Waals surface area contributed by atoms with Crippen LogP contribution in [0.4, 0.5) is 0 Å². The molecule has 0 amide bonds. The van der Waals surface area contributed by atoms with Crippen molar-refractivity contribution in [2.24, 2.45) is 0 Å². The Morgan fingerprint density at radius 1 is 1.28 bits per heavy atom. The molecule has 0 bridgehead atoms.